The topological polar surface area (TPSA) is 75.6 Å². The fraction of sp³-hybridized carbons (Fsp3) is 0.846. The van der Waals surface area contributed by atoms with Crippen LogP contribution in [-0.2, 0) is 14.3 Å². The van der Waals surface area contributed by atoms with E-state index in [1.54, 1.807) is 0 Å². The standard InChI is InChI=1S/C13H21NO4/c1-7(8-4-5-18-6-8)14-11(15)9-10(12(16)17)13(9,2)3/h7-10H,4-6H2,1-3H3,(H,14,15)(H,16,17)/t7?,8?,9-,10+/m1/s1. The lowest BCUT2D eigenvalue weighted by atomic mass is 10.00. The number of amides is 1. The number of carboxylic acid groups (broad SMARTS) is 1. The van der Waals surface area contributed by atoms with Crippen molar-refractivity contribution in [2.45, 2.75) is 33.2 Å². The Kier molecular flexibility index (Phi) is 3.36. The van der Waals surface area contributed by atoms with Crippen molar-refractivity contribution in [3.05, 3.63) is 0 Å². The normalized spacial score (nSPS) is 34.9. The predicted octanol–water partition coefficient (Wildman–Crippen LogP) is 0.884. The van der Waals surface area contributed by atoms with Gasteiger partial charge in [-0.15, -0.1) is 0 Å². The van der Waals surface area contributed by atoms with Gasteiger partial charge >= 0.3 is 5.97 Å². The zero-order chi connectivity index (χ0) is 13.5. The molecule has 2 rings (SSSR count). The summed E-state index contributed by atoms with van der Waals surface area (Å²) in [5, 5.41) is 12.0. The molecule has 1 aliphatic carbocycles. The molecule has 0 radical (unpaired) electrons. The largest absolute Gasteiger partial charge is 0.481 e. The third kappa shape index (κ3) is 2.23. The third-order valence-corrected chi connectivity index (χ3v) is 4.42. The van der Waals surface area contributed by atoms with E-state index >= 15 is 0 Å². The molecular formula is C13H21NO4. The highest BCUT2D eigenvalue weighted by molar-refractivity contribution is 5.91. The molecule has 0 aromatic heterocycles. The third-order valence-electron chi connectivity index (χ3n) is 4.42. The molecule has 102 valence electrons. The van der Waals surface area contributed by atoms with Gasteiger partial charge in [0.15, 0.2) is 0 Å². The summed E-state index contributed by atoms with van der Waals surface area (Å²) < 4.78 is 5.29. The lowest BCUT2D eigenvalue weighted by molar-refractivity contribution is -0.140. The monoisotopic (exact) mass is 255 g/mol. The van der Waals surface area contributed by atoms with Crippen molar-refractivity contribution in [2.75, 3.05) is 13.2 Å². The molecule has 1 heterocycles. The molecule has 1 amide bonds. The summed E-state index contributed by atoms with van der Waals surface area (Å²) in [5.74, 6) is -1.62. The van der Waals surface area contributed by atoms with Crippen molar-refractivity contribution in [3.8, 4) is 0 Å². The van der Waals surface area contributed by atoms with E-state index in [4.69, 9.17) is 9.84 Å². The van der Waals surface area contributed by atoms with Gasteiger partial charge < -0.3 is 15.2 Å². The van der Waals surface area contributed by atoms with E-state index < -0.39 is 23.2 Å². The molecular weight excluding hydrogens is 234 g/mol. The van der Waals surface area contributed by atoms with Crippen LogP contribution in [0.15, 0.2) is 0 Å². The molecule has 0 aromatic rings. The molecule has 2 unspecified atom stereocenters. The Morgan fingerprint density at radius 3 is 2.50 bits per heavy atom. The average molecular weight is 255 g/mol. The van der Waals surface area contributed by atoms with Crippen molar-refractivity contribution < 1.29 is 19.4 Å². The smallest absolute Gasteiger partial charge is 0.307 e. The first-order chi connectivity index (χ1) is 8.35. The predicted molar refractivity (Wildman–Crippen MR) is 64.9 cm³/mol. The first-order valence-corrected chi connectivity index (χ1v) is 6.46. The Morgan fingerprint density at radius 1 is 1.39 bits per heavy atom. The Morgan fingerprint density at radius 2 is 2.06 bits per heavy atom. The highest BCUT2D eigenvalue weighted by Crippen LogP contribution is 2.58. The molecule has 0 bridgehead atoms. The van der Waals surface area contributed by atoms with Crippen LogP contribution < -0.4 is 5.32 Å². The van der Waals surface area contributed by atoms with E-state index in [-0.39, 0.29) is 11.9 Å². The summed E-state index contributed by atoms with van der Waals surface area (Å²) >= 11 is 0. The van der Waals surface area contributed by atoms with E-state index in [1.165, 1.54) is 0 Å². The second-order valence-corrected chi connectivity index (χ2v) is 6.04. The number of carbonyl (C=O) groups is 2. The summed E-state index contributed by atoms with van der Waals surface area (Å²) in [5.41, 5.74) is -0.429. The van der Waals surface area contributed by atoms with Crippen LogP contribution in [0.4, 0.5) is 0 Å². The second kappa shape index (κ2) is 4.53. The lowest BCUT2D eigenvalue weighted by Crippen LogP contribution is -2.40. The SMILES string of the molecule is CC(NC(=O)[C@H]1[C@@H](C(=O)O)C1(C)C)C1CCOC1. The molecule has 1 saturated heterocycles. The van der Waals surface area contributed by atoms with Crippen LogP contribution in [0.2, 0.25) is 0 Å². The van der Waals surface area contributed by atoms with Gasteiger partial charge in [0, 0.05) is 18.6 Å². The van der Waals surface area contributed by atoms with Crippen LogP contribution in [0.1, 0.15) is 27.2 Å². The van der Waals surface area contributed by atoms with E-state index in [0.717, 1.165) is 13.0 Å². The Balaban J connectivity index is 1.91. The summed E-state index contributed by atoms with van der Waals surface area (Å²) in [6.45, 7) is 7.05. The molecule has 5 nitrogen and oxygen atoms in total. The Hall–Kier alpha value is -1.10. The number of carbonyl (C=O) groups excluding carboxylic acids is 1. The first kappa shape index (κ1) is 13.3. The quantitative estimate of drug-likeness (QED) is 0.782. The van der Waals surface area contributed by atoms with Gasteiger partial charge in [0.1, 0.15) is 0 Å². The van der Waals surface area contributed by atoms with Gasteiger partial charge in [0.2, 0.25) is 5.91 Å². The number of hydrogen-bond donors (Lipinski definition) is 2. The van der Waals surface area contributed by atoms with E-state index in [0.29, 0.717) is 12.5 Å². The van der Waals surface area contributed by atoms with Crippen LogP contribution in [0, 0.1) is 23.2 Å². The molecule has 5 heteroatoms. The van der Waals surface area contributed by atoms with Crippen LogP contribution in [-0.4, -0.2) is 36.2 Å². The van der Waals surface area contributed by atoms with Crippen molar-refractivity contribution >= 4 is 11.9 Å². The van der Waals surface area contributed by atoms with Gasteiger partial charge in [-0.1, -0.05) is 13.8 Å². The maximum atomic E-state index is 12.1. The zero-order valence-electron chi connectivity index (χ0n) is 11.1. The van der Waals surface area contributed by atoms with Crippen LogP contribution in [0.25, 0.3) is 0 Å². The highest BCUT2D eigenvalue weighted by atomic mass is 16.5. The van der Waals surface area contributed by atoms with Crippen molar-refractivity contribution in [2.24, 2.45) is 23.2 Å². The Bertz CT molecular complexity index is 360. The van der Waals surface area contributed by atoms with Crippen molar-refractivity contribution in [1.29, 1.82) is 0 Å². The van der Waals surface area contributed by atoms with Gasteiger partial charge in [0.05, 0.1) is 18.4 Å². The molecule has 2 N–H and O–H groups in total. The zero-order valence-corrected chi connectivity index (χ0v) is 11.1. The van der Waals surface area contributed by atoms with Gasteiger partial charge in [-0.05, 0) is 18.8 Å². The number of hydrogen-bond acceptors (Lipinski definition) is 3. The van der Waals surface area contributed by atoms with Crippen LogP contribution in [0.3, 0.4) is 0 Å². The number of carboxylic acids is 1. The summed E-state index contributed by atoms with van der Waals surface area (Å²) in [7, 11) is 0. The van der Waals surface area contributed by atoms with E-state index in [9.17, 15) is 9.59 Å². The van der Waals surface area contributed by atoms with E-state index in [2.05, 4.69) is 5.32 Å². The number of nitrogens with one attached hydrogen (secondary N) is 1. The highest BCUT2D eigenvalue weighted by Gasteiger charge is 2.66. The fourth-order valence-electron chi connectivity index (χ4n) is 2.97. The molecule has 2 fully saturated rings. The van der Waals surface area contributed by atoms with Gasteiger partial charge in [-0.25, -0.2) is 0 Å². The summed E-state index contributed by atoms with van der Waals surface area (Å²) in [4.78, 5) is 23.1. The number of rotatable bonds is 4. The minimum absolute atomic E-state index is 0.0471. The molecule has 1 aliphatic heterocycles. The molecule has 2 aliphatic rings. The van der Waals surface area contributed by atoms with E-state index in [1.807, 2.05) is 20.8 Å². The molecule has 0 aromatic carbocycles. The molecule has 18 heavy (non-hydrogen) atoms. The lowest BCUT2D eigenvalue weighted by Gasteiger charge is -2.19. The molecule has 4 atom stereocenters. The average Bonchev–Trinajstić information content (AvgIpc) is 2.67. The Labute approximate surface area is 107 Å². The molecule has 1 saturated carbocycles. The second-order valence-electron chi connectivity index (χ2n) is 6.04. The fourth-order valence-corrected chi connectivity index (χ4v) is 2.97. The van der Waals surface area contributed by atoms with Crippen molar-refractivity contribution in [3.63, 3.8) is 0 Å². The van der Waals surface area contributed by atoms with Gasteiger partial charge in [0.25, 0.3) is 0 Å². The summed E-state index contributed by atoms with van der Waals surface area (Å²) in [6.07, 6.45) is 0.956. The maximum absolute atomic E-state index is 12.1. The van der Waals surface area contributed by atoms with Gasteiger partial charge in [-0.2, -0.15) is 0 Å². The number of ether oxygens (including phenoxy) is 1. The first-order valence-electron chi connectivity index (χ1n) is 6.46. The minimum Gasteiger partial charge on any atom is -0.481 e. The number of aliphatic carboxylic acids is 1. The van der Waals surface area contributed by atoms with Gasteiger partial charge in [-0.3, -0.25) is 9.59 Å². The minimum atomic E-state index is -0.878. The summed E-state index contributed by atoms with van der Waals surface area (Å²) in [6, 6.07) is 0.0471. The maximum Gasteiger partial charge on any atom is 0.307 e. The van der Waals surface area contributed by atoms with Crippen LogP contribution >= 0.6 is 0 Å². The van der Waals surface area contributed by atoms with Crippen molar-refractivity contribution in [1.82, 2.24) is 5.32 Å². The molecule has 0 spiro atoms. The van der Waals surface area contributed by atoms with Crippen LogP contribution in [0.5, 0.6) is 0 Å².